The van der Waals surface area contributed by atoms with Crippen LogP contribution in [0.4, 0.5) is 0 Å². The molecule has 2 aromatic rings. The van der Waals surface area contributed by atoms with Gasteiger partial charge >= 0.3 is 0 Å². The Morgan fingerprint density at radius 2 is 1.86 bits per heavy atom. The topological polar surface area (TPSA) is 12.9 Å². The first kappa shape index (κ1) is 9.22. The van der Waals surface area contributed by atoms with Crippen LogP contribution in [0.15, 0.2) is 42.6 Å². The number of nitrogens with zero attached hydrogens (tertiary/aromatic N) is 1. The highest BCUT2D eigenvalue weighted by Gasteiger charge is 2.00. The largest absolute Gasteiger partial charge is 0.244 e. The molecule has 0 saturated heterocycles. The highest BCUT2D eigenvalue weighted by Crippen LogP contribution is 2.22. The maximum atomic E-state index is 5.73. The molecule has 0 unspecified atom stereocenters. The maximum Gasteiger partial charge on any atom is 0.129 e. The van der Waals surface area contributed by atoms with Crippen molar-refractivity contribution < 1.29 is 0 Å². The molecule has 1 aromatic carbocycles. The number of benzene rings is 1. The molecule has 0 saturated carbocycles. The molecule has 2 rings (SSSR count). The third-order valence-electron chi connectivity index (χ3n) is 2.18. The molecule has 0 fully saturated rings. The van der Waals surface area contributed by atoms with Gasteiger partial charge in [0.25, 0.3) is 0 Å². The van der Waals surface area contributed by atoms with Crippen molar-refractivity contribution in [3.63, 3.8) is 0 Å². The molecule has 2 heteroatoms. The van der Waals surface area contributed by atoms with E-state index in [1.807, 2.05) is 24.3 Å². The lowest BCUT2D eigenvalue weighted by atomic mass is 10.0. The Balaban J connectivity index is 2.50. The van der Waals surface area contributed by atoms with Gasteiger partial charge in [-0.2, -0.15) is 0 Å². The quantitative estimate of drug-likeness (QED) is 0.644. The third-order valence-corrected chi connectivity index (χ3v) is 2.41. The Hall–Kier alpha value is -1.34. The van der Waals surface area contributed by atoms with Crippen molar-refractivity contribution in [2.75, 3.05) is 0 Å². The average molecular weight is 204 g/mol. The minimum absolute atomic E-state index is 0.530. The van der Waals surface area contributed by atoms with Crippen LogP contribution in [0.1, 0.15) is 5.56 Å². The summed E-state index contributed by atoms with van der Waals surface area (Å²) in [6.45, 7) is 2.09. The van der Waals surface area contributed by atoms with E-state index < -0.39 is 0 Å². The molecule has 0 aliphatic carbocycles. The van der Waals surface area contributed by atoms with Crippen LogP contribution in [0.2, 0.25) is 5.15 Å². The van der Waals surface area contributed by atoms with Crippen LogP contribution in [0.5, 0.6) is 0 Å². The van der Waals surface area contributed by atoms with Gasteiger partial charge in [0.15, 0.2) is 0 Å². The van der Waals surface area contributed by atoms with E-state index >= 15 is 0 Å². The summed E-state index contributed by atoms with van der Waals surface area (Å²) in [6.07, 6.45) is 1.80. The molecule has 0 bridgehead atoms. The lowest BCUT2D eigenvalue weighted by Crippen LogP contribution is -1.83. The van der Waals surface area contributed by atoms with Crippen molar-refractivity contribution >= 4 is 11.6 Å². The molecule has 0 amide bonds. The highest BCUT2D eigenvalue weighted by molar-refractivity contribution is 6.29. The van der Waals surface area contributed by atoms with Crippen molar-refractivity contribution in [3.8, 4) is 11.1 Å². The van der Waals surface area contributed by atoms with Crippen molar-refractivity contribution in [1.29, 1.82) is 0 Å². The fourth-order valence-electron chi connectivity index (χ4n) is 1.43. The number of halogens is 1. The zero-order chi connectivity index (χ0) is 9.97. The second-order valence-corrected chi connectivity index (χ2v) is 3.57. The van der Waals surface area contributed by atoms with Crippen LogP contribution >= 0.6 is 11.6 Å². The van der Waals surface area contributed by atoms with Gasteiger partial charge in [0.1, 0.15) is 5.15 Å². The normalized spacial score (nSPS) is 10.1. The fourth-order valence-corrected chi connectivity index (χ4v) is 1.54. The standard InChI is InChI=1S/C12H10ClN/c1-9-4-2-3-5-11(9)10-6-7-12(13)14-8-10/h2-8H,1H3. The number of aromatic nitrogens is 1. The minimum Gasteiger partial charge on any atom is -0.244 e. The molecule has 0 aliphatic heterocycles. The average Bonchev–Trinajstić information content (AvgIpc) is 2.20. The van der Waals surface area contributed by atoms with Gasteiger partial charge in [-0.1, -0.05) is 35.9 Å². The van der Waals surface area contributed by atoms with Gasteiger partial charge in [-0.05, 0) is 30.2 Å². The molecule has 0 spiro atoms. The molecule has 0 radical (unpaired) electrons. The van der Waals surface area contributed by atoms with Gasteiger partial charge in [-0.3, -0.25) is 0 Å². The van der Waals surface area contributed by atoms with Crippen molar-refractivity contribution in [3.05, 3.63) is 53.3 Å². The zero-order valence-electron chi connectivity index (χ0n) is 7.87. The first-order valence-electron chi connectivity index (χ1n) is 4.45. The van der Waals surface area contributed by atoms with Crippen LogP contribution in [-0.4, -0.2) is 4.98 Å². The van der Waals surface area contributed by atoms with Crippen LogP contribution in [0.3, 0.4) is 0 Å². The van der Waals surface area contributed by atoms with Crippen molar-refractivity contribution in [2.45, 2.75) is 6.92 Å². The van der Waals surface area contributed by atoms with E-state index in [-0.39, 0.29) is 0 Å². The van der Waals surface area contributed by atoms with E-state index in [4.69, 9.17) is 11.6 Å². The molecular weight excluding hydrogens is 194 g/mol. The summed E-state index contributed by atoms with van der Waals surface area (Å²) in [6, 6.07) is 12.0. The lowest BCUT2D eigenvalue weighted by molar-refractivity contribution is 1.32. The third kappa shape index (κ3) is 1.78. The Bertz CT molecular complexity index is 434. The maximum absolute atomic E-state index is 5.73. The first-order chi connectivity index (χ1) is 6.77. The van der Waals surface area contributed by atoms with Gasteiger partial charge in [0, 0.05) is 11.8 Å². The predicted octanol–water partition coefficient (Wildman–Crippen LogP) is 3.71. The first-order valence-corrected chi connectivity index (χ1v) is 4.83. The summed E-state index contributed by atoms with van der Waals surface area (Å²) in [4.78, 5) is 4.06. The molecule has 0 N–H and O–H groups in total. The van der Waals surface area contributed by atoms with Gasteiger partial charge in [-0.15, -0.1) is 0 Å². The van der Waals surface area contributed by atoms with Crippen LogP contribution in [0.25, 0.3) is 11.1 Å². The van der Waals surface area contributed by atoms with E-state index in [1.54, 1.807) is 6.20 Å². The number of rotatable bonds is 1. The lowest BCUT2D eigenvalue weighted by Gasteiger charge is -2.04. The Labute approximate surface area is 88.4 Å². The number of hydrogen-bond acceptors (Lipinski definition) is 1. The Morgan fingerprint density at radius 3 is 2.50 bits per heavy atom. The summed E-state index contributed by atoms with van der Waals surface area (Å²) in [7, 11) is 0. The van der Waals surface area contributed by atoms with Crippen LogP contribution in [0, 0.1) is 6.92 Å². The summed E-state index contributed by atoms with van der Waals surface area (Å²) < 4.78 is 0. The van der Waals surface area contributed by atoms with E-state index in [0.29, 0.717) is 5.15 Å². The zero-order valence-corrected chi connectivity index (χ0v) is 8.62. The second kappa shape index (κ2) is 3.81. The number of aryl methyl sites for hydroxylation is 1. The Kier molecular flexibility index (Phi) is 2.51. The molecule has 1 aromatic heterocycles. The van der Waals surface area contributed by atoms with E-state index in [2.05, 4.69) is 24.0 Å². The molecule has 14 heavy (non-hydrogen) atoms. The molecule has 70 valence electrons. The molecular formula is C12H10ClN. The minimum atomic E-state index is 0.530. The number of hydrogen-bond donors (Lipinski definition) is 0. The fraction of sp³-hybridized carbons (Fsp3) is 0.0833. The van der Waals surface area contributed by atoms with Crippen molar-refractivity contribution in [1.82, 2.24) is 4.98 Å². The molecule has 1 nitrogen and oxygen atoms in total. The molecule has 0 aliphatic rings. The molecule has 0 atom stereocenters. The Morgan fingerprint density at radius 1 is 1.07 bits per heavy atom. The summed E-state index contributed by atoms with van der Waals surface area (Å²) in [5, 5.41) is 0.530. The van der Waals surface area contributed by atoms with Crippen molar-refractivity contribution in [2.24, 2.45) is 0 Å². The molecule has 1 heterocycles. The summed E-state index contributed by atoms with van der Waals surface area (Å²) in [5.41, 5.74) is 3.56. The van der Waals surface area contributed by atoms with Gasteiger partial charge in [0.05, 0.1) is 0 Å². The van der Waals surface area contributed by atoms with Gasteiger partial charge < -0.3 is 0 Å². The van der Waals surface area contributed by atoms with Gasteiger partial charge in [0.2, 0.25) is 0 Å². The highest BCUT2D eigenvalue weighted by atomic mass is 35.5. The van der Waals surface area contributed by atoms with E-state index in [1.165, 1.54) is 11.1 Å². The smallest absolute Gasteiger partial charge is 0.129 e. The van der Waals surface area contributed by atoms with E-state index in [9.17, 15) is 0 Å². The summed E-state index contributed by atoms with van der Waals surface area (Å²) >= 11 is 5.73. The summed E-state index contributed by atoms with van der Waals surface area (Å²) in [5.74, 6) is 0. The van der Waals surface area contributed by atoms with Crippen LogP contribution in [-0.2, 0) is 0 Å². The van der Waals surface area contributed by atoms with Gasteiger partial charge in [-0.25, -0.2) is 4.98 Å². The SMILES string of the molecule is Cc1ccccc1-c1ccc(Cl)nc1. The second-order valence-electron chi connectivity index (χ2n) is 3.18. The predicted molar refractivity (Wildman–Crippen MR) is 59.4 cm³/mol. The van der Waals surface area contributed by atoms with E-state index in [0.717, 1.165) is 5.56 Å². The number of pyridine rings is 1. The van der Waals surface area contributed by atoms with Crippen LogP contribution < -0.4 is 0 Å². The monoisotopic (exact) mass is 203 g/mol.